The van der Waals surface area contributed by atoms with Crippen LogP contribution < -0.4 is 14.8 Å². The highest BCUT2D eigenvalue weighted by molar-refractivity contribution is 7.92. The maximum absolute atomic E-state index is 13.0. The first kappa shape index (κ1) is 22.6. The lowest BCUT2D eigenvalue weighted by molar-refractivity contribution is -0.123. The average molecular weight is 463 g/mol. The van der Waals surface area contributed by atoms with Crippen molar-refractivity contribution in [1.29, 1.82) is 0 Å². The van der Waals surface area contributed by atoms with Gasteiger partial charge in [-0.25, -0.2) is 12.8 Å². The van der Waals surface area contributed by atoms with Crippen LogP contribution in [0.15, 0.2) is 77.7 Å². The molecule has 0 aromatic heterocycles. The number of ether oxygens (including phenoxy) is 1. The fraction of sp³-hybridized carbons (Fsp3) is 0.136. The molecule has 0 saturated heterocycles. The summed E-state index contributed by atoms with van der Waals surface area (Å²) < 4.78 is 45.6. The van der Waals surface area contributed by atoms with Crippen LogP contribution in [-0.2, 0) is 14.8 Å². The number of carbonyl (C=O) groups is 1. The van der Waals surface area contributed by atoms with Gasteiger partial charge in [-0.05, 0) is 73.2 Å². The molecule has 0 aliphatic heterocycles. The lowest BCUT2D eigenvalue weighted by Crippen LogP contribution is -2.31. The summed E-state index contributed by atoms with van der Waals surface area (Å²) >= 11 is 5.86. The van der Waals surface area contributed by atoms with Crippen molar-refractivity contribution in [2.75, 3.05) is 11.3 Å². The summed E-state index contributed by atoms with van der Waals surface area (Å²) in [5, 5.41) is 3.43. The summed E-state index contributed by atoms with van der Waals surface area (Å²) in [7, 11) is -3.84. The Kier molecular flexibility index (Phi) is 7.14. The molecule has 1 unspecified atom stereocenters. The van der Waals surface area contributed by atoms with E-state index in [0.29, 0.717) is 10.8 Å². The first-order valence-electron chi connectivity index (χ1n) is 9.29. The number of hydrogen-bond acceptors (Lipinski definition) is 4. The number of carbonyl (C=O) groups excluding carboxylic acids is 1. The van der Waals surface area contributed by atoms with Crippen LogP contribution in [-0.4, -0.2) is 20.9 Å². The molecule has 6 nitrogen and oxygen atoms in total. The van der Waals surface area contributed by atoms with Gasteiger partial charge in [-0.15, -0.1) is 0 Å². The third-order valence-corrected chi connectivity index (χ3v) is 6.00. The molecule has 3 rings (SSSR count). The van der Waals surface area contributed by atoms with Crippen LogP contribution in [0.1, 0.15) is 18.5 Å². The molecule has 0 saturated carbocycles. The molecular formula is C22H20ClFN2O4S. The van der Waals surface area contributed by atoms with E-state index in [0.717, 1.165) is 17.7 Å². The maximum atomic E-state index is 13.0. The number of halogens is 2. The van der Waals surface area contributed by atoms with Crippen LogP contribution in [0.25, 0.3) is 0 Å². The Morgan fingerprint density at radius 2 is 1.61 bits per heavy atom. The van der Waals surface area contributed by atoms with E-state index in [-0.39, 0.29) is 29.1 Å². The fourth-order valence-corrected chi connectivity index (χ4v) is 3.90. The van der Waals surface area contributed by atoms with E-state index in [9.17, 15) is 17.6 Å². The van der Waals surface area contributed by atoms with Crippen LogP contribution in [0.3, 0.4) is 0 Å². The standard InChI is InChI=1S/C22H20ClFN2O4S/c1-15(16-2-4-17(23)5-3-16)25-22(27)14-30-20-10-12-21(13-11-20)31(28,29)26-19-8-6-18(24)7-9-19/h2-13,15,26H,14H2,1H3,(H,25,27). The Morgan fingerprint density at radius 3 is 2.23 bits per heavy atom. The minimum absolute atomic E-state index is 0.00462. The highest BCUT2D eigenvalue weighted by Gasteiger charge is 2.15. The zero-order chi connectivity index (χ0) is 22.4. The lowest BCUT2D eigenvalue weighted by Gasteiger charge is -2.15. The molecule has 3 aromatic rings. The highest BCUT2D eigenvalue weighted by atomic mass is 35.5. The first-order valence-corrected chi connectivity index (χ1v) is 11.1. The largest absolute Gasteiger partial charge is 0.484 e. The number of rotatable bonds is 8. The Balaban J connectivity index is 1.54. The van der Waals surface area contributed by atoms with E-state index >= 15 is 0 Å². The smallest absolute Gasteiger partial charge is 0.261 e. The second-order valence-electron chi connectivity index (χ2n) is 6.71. The van der Waals surface area contributed by atoms with Gasteiger partial charge in [-0.2, -0.15) is 0 Å². The predicted molar refractivity (Wildman–Crippen MR) is 117 cm³/mol. The summed E-state index contributed by atoms with van der Waals surface area (Å²) in [4.78, 5) is 12.1. The molecule has 0 heterocycles. The Bertz CT molecular complexity index is 1140. The molecule has 0 radical (unpaired) electrons. The second-order valence-corrected chi connectivity index (χ2v) is 8.83. The molecule has 1 atom stereocenters. The number of benzene rings is 3. The quantitative estimate of drug-likeness (QED) is 0.515. The van der Waals surface area contributed by atoms with Crippen LogP contribution in [0.5, 0.6) is 5.75 Å². The van der Waals surface area contributed by atoms with Crippen molar-refractivity contribution in [3.63, 3.8) is 0 Å². The van der Waals surface area contributed by atoms with Crippen LogP contribution in [0.2, 0.25) is 5.02 Å². The summed E-state index contributed by atoms with van der Waals surface area (Å²) in [6.45, 7) is 1.62. The van der Waals surface area contributed by atoms with Gasteiger partial charge in [0.15, 0.2) is 6.61 Å². The topological polar surface area (TPSA) is 84.5 Å². The van der Waals surface area contributed by atoms with E-state index < -0.39 is 15.8 Å². The Morgan fingerprint density at radius 1 is 1.00 bits per heavy atom. The molecule has 31 heavy (non-hydrogen) atoms. The van der Waals surface area contributed by atoms with Crippen molar-refractivity contribution in [3.8, 4) is 5.75 Å². The van der Waals surface area contributed by atoms with Crippen LogP contribution in [0, 0.1) is 5.82 Å². The van der Waals surface area contributed by atoms with Gasteiger partial charge < -0.3 is 10.1 Å². The van der Waals surface area contributed by atoms with Gasteiger partial charge in [0.25, 0.3) is 15.9 Å². The van der Waals surface area contributed by atoms with Gasteiger partial charge in [-0.3, -0.25) is 9.52 Å². The minimum Gasteiger partial charge on any atom is -0.484 e. The summed E-state index contributed by atoms with van der Waals surface area (Å²) in [6.07, 6.45) is 0. The molecule has 9 heteroatoms. The van der Waals surface area contributed by atoms with Crippen LogP contribution >= 0.6 is 11.6 Å². The molecule has 0 fully saturated rings. The second kappa shape index (κ2) is 9.80. The van der Waals surface area contributed by atoms with Crippen molar-refractivity contribution in [1.82, 2.24) is 5.32 Å². The van der Waals surface area contributed by atoms with Gasteiger partial charge in [-0.1, -0.05) is 23.7 Å². The molecule has 0 aliphatic carbocycles. The Hall–Kier alpha value is -3.10. The van der Waals surface area contributed by atoms with E-state index in [4.69, 9.17) is 16.3 Å². The highest BCUT2D eigenvalue weighted by Crippen LogP contribution is 2.20. The van der Waals surface area contributed by atoms with Crippen LogP contribution in [0.4, 0.5) is 10.1 Å². The van der Waals surface area contributed by atoms with Crippen molar-refractivity contribution < 1.29 is 22.3 Å². The third kappa shape index (κ3) is 6.44. The monoisotopic (exact) mass is 462 g/mol. The minimum atomic E-state index is -3.84. The third-order valence-electron chi connectivity index (χ3n) is 4.35. The molecule has 0 bridgehead atoms. The fourth-order valence-electron chi connectivity index (χ4n) is 2.71. The Labute approximate surface area is 185 Å². The van der Waals surface area contributed by atoms with Gasteiger partial charge in [0.2, 0.25) is 0 Å². The molecule has 2 N–H and O–H groups in total. The van der Waals surface area contributed by atoms with Crippen molar-refractivity contribution in [2.45, 2.75) is 17.9 Å². The van der Waals surface area contributed by atoms with Crippen molar-refractivity contribution >= 4 is 33.2 Å². The van der Waals surface area contributed by atoms with E-state index in [2.05, 4.69) is 10.0 Å². The SMILES string of the molecule is CC(NC(=O)COc1ccc(S(=O)(=O)Nc2ccc(F)cc2)cc1)c1ccc(Cl)cc1. The number of amides is 1. The summed E-state index contributed by atoms with van der Waals surface area (Å²) in [6, 6.07) is 17.5. The molecule has 1 amide bonds. The lowest BCUT2D eigenvalue weighted by atomic mass is 10.1. The van der Waals surface area contributed by atoms with E-state index in [1.165, 1.54) is 36.4 Å². The first-order chi connectivity index (χ1) is 14.7. The van der Waals surface area contributed by atoms with Gasteiger partial charge in [0, 0.05) is 10.7 Å². The zero-order valence-corrected chi connectivity index (χ0v) is 18.1. The summed E-state index contributed by atoms with van der Waals surface area (Å²) in [5.74, 6) is -0.441. The van der Waals surface area contributed by atoms with E-state index in [1.54, 1.807) is 12.1 Å². The predicted octanol–water partition coefficient (Wildman–Crippen LogP) is 4.54. The summed E-state index contributed by atoms with van der Waals surface area (Å²) in [5.41, 5.74) is 1.15. The number of anilines is 1. The van der Waals surface area contributed by atoms with Crippen molar-refractivity contribution in [2.24, 2.45) is 0 Å². The zero-order valence-electron chi connectivity index (χ0n) is 16.5. The van der Waals surface area contributed by atoms with Gasteiger partial charge >= 0.3 is 0 Å². The molecule has 0 spiro atoms. The van der Waals surface area contributed by atoms with Crippen molar-refractivity contribution in [3.05, 3.63) is 89.2 Å². The molecule has 0 aliphatic rings. The van der Waals surface area contributed by atoms with Gasteiger partial charge in [0.1, 0.15) is 11.6 Å². The molecule has 162 valence electrons. The number of nitrogens with one attached hydrogen (secondary N) is 2. The molecule has 3 aromatic carbocycles. The average Bonchev–Trinajstić information content (AvgIpc) is 2.74. The van der Waals surface area contributed by atoms with E-state index in [1.807, 2.05) is 19.1 Å². The maximum Gasteiger partial charge on any atom is 0.261 e. The normalized spacial score (nSPS) is 12.1. The molecular weight excluding hydrogens is 443 g/mol. The number of hydrogen-bond donors (Lipinski definition) is 2. The van der Waals surface area contributed by atoms with Gasteiger partial charge in [0.05, 0.1) is 10.9 Å². The number of sulfonamides is 1.